The summed E-state index contributed by atoms with van der Waals surface area (Å²) in [6.07, 6.45) is 0.187. The number of benzene rings is 1. The maximum absolute atomic E-state index is 13.0. The smallest absolute Gasteiger partial charge is 0.224 e. The highest BCUT2D eigenvalue weighted by Crippen LogP contribution is 2.07. The van der Waals surface area contributed by atoms with Gasteiger partial charge in [0.25, 0.3) is 0 Å². The summed E-state index contributed by atoms with van der Waals surface area (Å²) < 4.78 is 18.2. The molecule has 2 rings (SSSR count). The van der Waals surface area contributed by atoms with Crippen LogP contribution in [-0.2, 0) is 16.0 Å². The van der Waals surface area contributed by atoms with Crippen molar-refractivity contribution in [1.29, 1.82) is 0 Å². The number of hydrogen-bond donors (Lipinski definition) is 2. The summed E-state index contributed by atoms with van der Waals surface area (Å²) in [5, 5.41) is 6.05. The van der Waals surface area contributed by atoms with Gasteiger partial charge in [-0.2, -0.15) is 0 Å². The Hall–Kier alpha value is -1.46. The van der Waals surface area contributed by atoms with Gasteiger partial charge >= 0.3 is 0 Å². The van der Waals surface area contributed by atoms with E-state index in [-0.39, 0.29) is 30.3 Å². The molecule has 1 saturated heterocycles. The standard InChI is InChI=1S/C13H17FN2O2/c1-18-12-8-15-7-11(12)16-13(17)6-9-3-2-4-10(14)5-9/h2-5,11-12,15H,6-8H2,1H3,(H,16,17)/t11?,12-/m1/s1. The Labute approximate surface area is 106 Å². The van der Waals surface area contributed by atoms with E-state index in [1.165, 1.54) is 12.1 Å². The van der Waals surface area contributed by atoms with Crippen LogP contribution in [0.5, 0.6) is 0 Å². The average Bonchev–Trinajstić information content (AvgIpc) is 2.76. The zero-order valence-corrected chi connectivity index (χ0v) is 10.3. The molecule has 1 fully saturated rings. The lowest BCUT2D eigenvalue weighted by molar-refractivity contribution is -0.121. The topological polar surface area (TPSA) is 50.4 Å². The predicted molar refractivity (Wildman–Crippen MR) is 65.7 cm³/mol. The van der Waals surface area contributed by atoms with E-state index >= 15 is 0 Å². The van der Waals surface area contributed by atoms with Crippen LogP contribution >= 0.6 is 0 Å². The molecule has 1 unspecified atom stereocenters. The number of hydrogen-bond acceptors (Lipinski definition) is 3. The molecule has 1 aliphatic heterocycles. The van der Waals surface area contributed by atoms with E-state index in [0.29, 0.717) is 12.1 Å². The van der Waals surface area contributed by atoms with Crippen molar-refractivity contribution in [3.63, 3.8) is 0 Å². The zero-order chi connectivity index (χ0) is 13.0. The Morgan fingerprint density at radius 3 is 3.11 bits per heavy atom. The number of methoxy groups -OCH3 is 1. The molecule has 0 radical (unpaired) electrons. The first-order valence-corrected chi connectivity index (χ1v) is 5.96. The maximum Gasteiger partial charge on any atom is 0.224 e. The molecule has 18 heavy (non-hydrogen) atoms. The first kappa shape index (κ1) is 13.0. The highest BCUT2D eigenvalue weighted by Gasteiger charge is 2.27. The molecule has 0 spiro atoms. The molecule has 2 atom stereocenters. The van der Waals surface area contributed by atoms with Crippen LogP contribution in [0.1, 0.15) is 5.56 Å². The van der Waals surface area contributed by atoms with E-state index in [1.807, 2.05) is 0 Å². The lowest BCUT2D eigenvalue weighted by Crippen LogP contribution is -2.44. The summed E-state index contributed by atoms with van der Waals surface area (Å²) >= 11 is 0. The summed E-state index contributed by atoms with van der Waals surface area (Å²) in [5.74, 6) is -0.436. The van der Waals surface area contributed by atoms with Gasteiger partial charge in [-0.3, -0.25) is 4.79 Å². The van der Waals surface area contributed by atoms with E-state index in [2.05, 4.69) is 10.6 Å². The van der Waals surface area contributed by atoms with Gasteiger partial charge in [0.15, 0.2) is 0 Å². The molecule has 1 heterocycles. The molecule has 2 N–H and O–H groups in total. The first-order valence-electron chi connectivity index (χ1n) is 5.96. The minimum atomic E-state index is -0.322. The third-order valence-corrected chi connectivity index (χ3v) is 3.06. The SMILES string of the molecule is CO[C@@H]1CNCC1NC(=O)Cc1cccc(F)c1. The lowest BCUT2D eigenvalue weighted by Gasteiger charge is -2.18. The molecule has 5 heteroatoms. The molecule has 0 aromatic heterocycles. The van der Waals surface area contributed by atoms with E-state index in [0.717, 1.165) is 6.54 Å². The van der Waals surface area contributed by atoms with Crippen molar-refractivity contribution in [3.05, 3.63) is 35.6 Å². The van der Waals surface area contributed by atoms with E-state index in [9.17, 15) is 9.18 Å². The van der Waals surface area contributed by atoms with E-state index in [1.54, 1.807) is 19.2 Å². The highest BCUT2D eigenvalue weighted by atomic mass is 19.1. The number of carbonyl (C=O) groups excluding carboxylic acids is 1. The van der Waals surface area contributed by atoms with Crippen LogP contribution in [0.25, 0.3) is 0 Å². The Morgan fingerprint density at radius 1 is 1.56 bits per heavy atom. The fraction of sp³-hybridized carbons (Fsp3) is 0.462. The van der Waals surface area contributed by atoms with Crippen molar-refractivity contribution < 1.29 is 13.9 Å². The lowest BCUT2D eigenvalue weighted by atomic mass is 10.1. The van der Waals surface area contributed by atoms with Crippen LogP contribution in [-0.4, -0.2) is 38.3 Å². The predicted octanol–water partition coefficient (Wildman–Crippen LogP) is 0.471. The molecule has 0 bridgehead atoms. The third kappa shape index (κ3) is 3.27. The maximum atomic E-state index is 13.0. The second-order valence-corrected chi connectivity index (χ2v) is 4.41. The Kier molecular flexibility index (Phi) is 4.28. The molecule has 1 aromatic rings. The van der Waals surface area contributed by atoms with Gasteiger partial charge in [0, 0.05) is 20.2 Å². The van der Waals surface area contributed by atoms with Gasteiger partial charge in [-0.1, -0.05) is 12.1 Å². The Morgan fingerprint density at radius 2 is 2.39 bits per heavy atom. The average molecular weight is 252 g/mol. The van der Waals surface area contributed by atoms with Gasteiger partial charge in [0.1, 0.15) is 5.82 Å². The number of carbonyl (C=O) groups is 1. The molecule has 1 aromatic carbocycles. The number of rotatable bonds is 4. The normalized spacial score (nSPS) is 23.0. The van der Waals surface area contributed by atoms with Crippen molar-refractivity contribution in [1.82, 2.24) is 10.6 Å². The summed E-state index contributed by atoms with van der Waals surface area (Å²) in [5.41, 5.74) is 0.674. The van der Waals surface area contributed by atoms with Crippen LogP contribution in [0.15, 0.2) is 24.3 Å². The number of nitrogens with one attached hydrogen (secondary N) is 2. The monoisotopic (exact) mass is 252 g/mol. The second-order valence-electron chi connectivity index (χ2n) is 4.41. The number of halogens is 1. The zero-order valence-electron chi connectivity index (χ0n) is 10.3. The van der Waals surface area contributed by atoms with Gasteiger partial charge in [0.05, 0.1) is 18.6 Å². The van der Waals surface area contributed by atoms with E-state index < -0.39 is 0 Å². The quantitative estimate of drug-likeness (QED) is 0.819. The van der Waals surface area contributed by atoms with Gasteiger partial charge in [-0.15, -0.1) is 0 Å². The van der Waals surface area contributed by atoms with Gasteiger partial charge in [-0.25, -0.2) is 4.39 Å². The van der Waals surface area contributed by atoms with Gasteiger partial charge < -0.3 is 15.4 Å². The van der Waals surface area contributed by atoms with Crippen molar-refractivity contribution in [2.75, 3.05) is 20.2 Å². The second kappa shape index (κ2) is 5.93. The third-order valence-electron chi connectivity index (χ3n) is 3.06. The molecular weight excluding hydrogens is 235 g/mol. The van der Waals surface area contributed by atoms with Crippen molar-refractivity contribution in [3.8, 4) is 0 Å². The van der Waals surface area contributed by atoms with Gasteiger partial charge in [-0.05, 0) is 17.7 Å². The van der Waals surface area contributed by atoms with Crippen LogP contribution in [0, 0.1) is 5.82 Å². The van der Waals surface area contributed by atoms with E-state index in [4.69, 9.17) is 4.74 Å². The molecule has 1 aliphatic rings. The van der Waals surface area contributed by atoms with Crippen LogP contribution < -0.4 is 10.6 Å². The van der Waals surface area contributed by atoms with Crippen LogP contribution in [0.3, 0.4) is 0 Å². The van der Waals surface area contributed by atoms with Gasteiger partial charge in [0.2, 0.25) is 5.91 Å². The van der Waals surface area contributed by atoms with Crippen LogP contribution in [0.4, 0.5) is 4.39 Å². The Balaban J connectivity index is 1.89. The molecule has 1 amide bonds. The van der Waals surface area contributed by atoms with Crippen molar-refractivity contribution in [2.45, 2.75) is 18.6 Å². The molecular formula is C13H17FN2O2. The molecule has 98 valence electrons. The number of ether oxygens (including phenoxy) is 1. The number of amides is 1. The highest BCUT2D eigenvalue weighted by molar-refractivity contribution is 5.79. The van der Waals surface area contributed by atoms with Crippen LogP contribution in [0.2, 0.25) is 0 Å². The van der Waals surface area contributed by atoms with Crippen molar-refractivity contribution in [2.24, 2.45) is 0 Å². The fourth-order valence-electron chi connectivity index (χ4n) is 2.14. The summed E-state index contributed by atoms with van der Waals surface area (Å²) in [6, 6.07) is 6.07. The summed E-state index contributed by atoms with van der Waals surface area (Å²) in [6.45, 7) is 1.44. The molecule has 4 nitrogen and oxygen atoms in total. The summed E-state index contributed by atoms with van der Waals surface area (Å²) in [7, 11) is 1.63. The largest absolute Gasteiger partial charge is 0.378 e. The molecule has 0 saturated carbocycles. The molecule has 0 aliphatic carbocycles. The van der Waals surface area contributed by atoms with Crippen molar-refractivity contribution >= 4 is 5.91 Å². The first-order chi connectivity index (χ1) is 8.69. The minimum Gasteiger partial charge on any atom is -0.378 e. The minimum absolute atomic E-state index is 0.00135. The summed E-state index contributed by atoms with van der Waals surface area (Å²) in [4.78, 5) is 11.8. The Bertz CT molecular complexity index is 425. The fourth-order valence-corrected chi connectivity index (χ4v) is 2.14.